The lowest BCUT2D eigenvalue weighted by atomic mass is 10.0. The van der Waals surface area contributed by atoms with Crippen LogP contribution in [-0.2, 0) is 0 Å². The second-order valence-corrected chi connectivity index (χ2v) is 3.97. The summed E-state index contributed by atoms with van der Waals surface area (Å²) in [4.78, 5) is 0. The van der Waals surface area contributed by atoms with E-state index >= 15 is 0 Å². The van der Waals surface area contributed by atoms with Crippen LogP contribution < -0.4 is 0 Å². The number of hydrogen-bond acceptors (Lipinski definition) is 2. The molecule has 0 saturated carbocycles. The number of rotatable bonds is 0. The summed E-state index contributed by atoms with van der Waals surface area (Å²) in [7, 11) is 0. The second-order valence-electron chi connectivity index (χ2n) is 3.97. The van der Waals surface area contributed by atoms with Crippen LogP contribution in [0.4, 0.5) is 0 Å². The summed E-state index contributed by atoms with van der Waals surface area (Å²) in [6.45, 7) is 0. The Kier molecular flexibility index (Phi) is 1.33. The molecule has 0 unspecified atom stereocenters. The van der Waals surface area contributed by atoms with Crippen LogP contribution >= 0.6 is 0 Å². The number of furan rings is 2. The highest BCUT2D eigenvalue weighted by molar-refractivity contribution is 6.10. The highest BCUT2D eigenvalue weighted by atomic mass is 16.3. The third kappa shape index (κ3) is 0.910. The predicted molar refractivity (Wildman–Crippen MR) is 63.5 cm³/mol. The van der Waals surface area contributed by atoms with Crippen LogP contribution in [0.1, 0.15) is 0 Å². The van der Waals surface area contributed by atoms with Crippen molar-refractivity contribution in [3.05, 3.63) is 49.1 Å². The molecule has 0 aliphatic carbocycles. The van der Waals surface area contributed by atoms with Gasteiger partial charge in [-0.1, -0.05) is 12.1 Å². The Balaban J connectivity index is 2.33. The van der Waals surface area contributed by atoms with Crippen molar-refractivity contribution in [3.8, 4) is 0 Å². The van der Waals surface area contributed by atoms with Gasteiger partial charge in [0.15, 0.2) is 0 Å². The van der Waals surface area contributed by atoms with E-state index in [2.05, 4.69) is 24.3 Å². The molecule has 4 rings (SSSR count). The van der Waals surface area contributed by atoms with Crippen LogP contribution in [0.5, 0.6) is 0 Å². The van der Waals surface area contributed by atoms with E-state index in [1.807, 2.05) is 6.07 Å². The summed E-state index contributed by atoms with van der Waals surface area (Å²) < 4.78 is 10.6. The summed E-state index contributed by atoms with van der Waals surface area (Å²) in [6.07, 6.45) is 5.29. The van der Waals surface area contributed by atoms with Gasteiger partial charge in [0.2, 0.25) is 0 Å². The highest BCUT2D eigenvalue weighted by Gasteiger charge is 2.05. The standard InChI is InChI=1S/C14H8O2/c1-2-11-7-15-8-13(11)12-5-10-3-4-16-14(10)6-9(1)12/h1-8H. The lowest BCUT2D eigenvalue weighted by Gasteiger charge is -1.99. The third-order valence-electron chi connectivity index (χ3n) is 3.05. The van der Waals surface area contributed by atoms with E-state index in [1.165, 1.54) is 10.8 Å². The molecule has 16 heavy (non-hydrogen) atoms. The van der Waals surface area contributed by atoms with Gasteiger partial charge >= 0.3 is 0 Å². The van der Waals surface area contributed by atoms with E-state index in [9.17, 15) is 0 Å². The summed E-state index contributed by atoms with van der Waals surface area (Å²) in [5.74, 6) is 0. The molecule has 0 aliphatic heterocycles. The normalized spacial score (nSPS) is 11.8. The fraction of sp³-hybridized carbons (Fsp3) is 0. The Bertz CT molecular complexity index is 804. The van der Waals surface area contributed by atoms with Gasteiger partial charge in [0, 0.05) is 16.2 Å². The Morgan fingerprint density at radius 1 is 0.750 bits per heavy atom. The SMILES string of the molecule is c1cc2cc3c(ccc4cocc43)cc2o1. The van der Waals surface area contributed by atoms with Crippen LogP contribution in [0, 0.1) is 0 Å². The highest BCUT2D eigenvalue weighted by Crippen LogP contribution is 2.30. The minimum Gasteiger partial charge on any atom is -0.471 e. The van der Waals surface area contributed by atoms with Crippen LogP contribution in [0.15, 0.2) is 58.0 Å². The van der Waals surface area contributed by atoms with Crippen molar-refractivity contribution < 1.29 is 8.83 Å². The van der Waals surface area contributed by atoms with Crippen molar-refractivity contribution in [2.24, 2.45) is 0 Å². The fourth-order valence-corrected chi connectivity index (χ4v) is 2.23. The first kappa shape index (κ1) is 7.99. The maximum Gasteiger partial charge on any atom is 0.134 e. The lowest BCUT2D eigenvalue weighted by Crippen LogP contribution is -1.73. The summed E-state index contributed by atoms with van der Waals surface area (Å²) in [5, 5.41) is 5.80. The fourth-order valence-electron chi connectivity index (χ4n) is 2.23. The lowest BCUT2D eigenvalue weighted by molar-refractivity contribution is 0.572. The van der Waals surface area contributed by atoms with Crippen LogP contribution in [0.2, 0.25) is 0 Å². The molecule has 0 atom stereocenters. The topological polar surface area (TPSA) is 26.3 Å². The van der Waals surface area contributed by atoms with Gasteiger partial charge in [-0.2, -0.15) is 0 Å². The molecule has 0 saturated heterocycles. The van der Waals surface area contributed by atoms with Crippen LogP contribution in [0.25, 0.3) is 32.5 Å². The first-order chi connectivity index (χ1) is 7.92. The molecule has 76 valence electrons. The zero-order valence-electron chi connectivity index (χ0n) is 8.44. The van der Waals surface area contributed by atoms with Crippen molar-refractivity contribution in [2.45, 2.75) is 0 Å². The first-order valence-corrected chi connectivity index (χ1v) is 5.18. The van der Waals surface area contributed by atoms with Gasteiger partial charge < -0.3 is 8.83 Å². The molecular formula is C14H8O2. The van der Waals surface area contributed by atoms with E-state index in [-0.39, 0.29) is 0 Å². The smallest absolute Gasteiger partial charge is 0.134 e. The molecule has 0 amide bonds. The van der Waals surface area contributed by atoms with Crippen molar-refractivity contribution in [1.29, 1.82) is 0 Å². The molecule has 2 heterocycles. The van der Waals surface area contributed by atoms with Gasteiger partial charge in [0.25, 0.3) is 0 Å². The Hall–Kier alpha value is -2.22. The van der Waals surface area contributed by atoms with Crippen molar-refractivity contribution in [2.75, 3.05) is 0 Å². The minimum atomic E-state index is 0.926. The minimum absolute atomic E-state index is 0.926. The molecule has 2 aromatic heterocycles. The number of benzene rings is 2. The van der Waals surface area contributed by atoms with E-state index in [0.717, 1.165) is 21.7 Å². The first-order valence-electron chi connectivity index (χ1n) is 5.18. The van der Waals surface area contributed by atoms with Crippen LogP contribution in [-0.4, -0.2) is 0 Å². The Morgan fingerprint density at radius 2 is 1.69 bits per heavy atom. The van der Waals surface area contributed by atoms with Crippen LogP contribution in [0.3, 0.4) is 0 Å². The zero-order chi connectivity index (χ0) is 10.5. The van der Waals surface area contributed by atoms with E-state index in [1.54, 1.807) is 18.8 Å². The second kappa shape index (κ2) is 2.67. The molecule has 0 aliphatic rings. The van der Waals surface area contributed by atoms with Gasteiger partial charge in [-0.25, -0.2) is 0 Å². The van der Waals surface area contributed by atoms with Gasteiger partial charge in [-0.05, 0) is 29.0 Å². The Labute approximate surface area is 91.1 Å². The summed E-state index contributed by atoms with van der Waals surface area (Å²) >= 11 is 0. The Morgan fingerprint density at radius 3 is 2.69 bits per heavy atom. The number of hydrogen-bond donors (Lipinski definition) is 0. The molecule has 2 aromatic carbocycles. The summed E-state index contributed by atoms with van der Waals surface area (Å²) in [5.41, 5.74) is 0.926. The van der Waals surface area contributed by atoms with Crippen molar-refractivity contribution >= 4 is 32.5 Å². The van der Waals surface area contributed by atoms with E-state index < -0.39 is 0 Å². The van der Waals surface area contributed by atoms with Crippen molar-refractivity contribution in [3.63, 3.8) is 0 Å². The maximum atomic E-state index is 5.40. The predicted octanol–water partition coefficient (Wildman–Crippen LogP) is 4.33. The molecule has 2 heteroatoms. The molecule has 0 fully saturated rings. The third-order valence-corrected chi connectivity index (χ3v) is 3.05. The molecular weight excluding hydrogens is 200 g/mol. The monoisotopic (exact) mass is 208 g/mol. The quantitative estimate of drug-likeness (QED) is 0.430. The van der Waals surface area contributed by atoms with Gasteiger partial charge in [0.1, 0.15) is 5.58 Å². The molecule has 2 nitrogen and oxygen atoms in total. The molecule has 0 radical (unpaired) electrons. The average Bonchev–Trinajstić information content (AvgIpc) is 2.94. The average molecular weight is 208 g/mol. The summed E-state index contributed by atoms with van der Waals surface area (Å²) in [6, 6.07) is 10.3. The van der Waals surface area contributed by atoms with Gasteiger partial charge in [-0.3, -0.25) is 0 Å². The zero-order valence-corrected chi connectivity index (χ0v) is 8.44. The van der Waals surface area contributed by atoms with Crippen molar-refractivity contribution in [1.82, 2.24) is 0 Å². The molecule has 0 bridgehead atoms. The number of fused-ring (bicyclic) bond motifs is 4. The molecule has 4 aromatic rings. The molecule has 0 N–H and O–H groups in total. The van der Waals surface area contributed by atoms with E-state index in [0.29, 0.717) is 0 Å². The van der Waals surface area contributed by atoms with Gasteiger partial charge in [0.05, 0.1) is 18.8 Å². The maximum absolute atomic E-state index is 5.40. The molecule has 0 spiro atoms. The van der Waals surface area contributed by atoms with Gasteiger partial charge in [-0.15, -0.1) is 0 Å². The largest absolute Gasteiger partial charge is 0.471 e. The van der Waals surface area contributed by atoms with E-state index in [4.69, 9.17) is 8.83 Å².